The molecule has 27 heavy (non-hydrogen) atoms. The molecule has 2 amide bonds. The molecule has 1 saturated heterocycles. The Balaban J connectivity index is 1.72. The minimum Gasteiger partial charge on any atom is -0.353 e. The van der Waals surface area contributed by atoms with E-state index in [1.54, 1.807) is 4.90 Å². The number of carbonyl (C=O) groups is 2. The smallest absolute Gasteiger partial charge is 0.242 e. The molecule has 1 aliphatic heterocycles. The van der Waals surface area contributed by atoms with Crippen LogP contribution in [-0.4, -0.2) is 59.4 Å². The second-order valence-electron chi connectivity index (χ2n) is 7.52. The Morgan fingerprint density at radius 1 is 1.22 bits per heavy atom. The van der Waals surface area contributed by atoms with Crippen molar-refractivity contribution in [2.75, 3.05) is 19.6 Å². The molecule has 3 N–H and O–H groups in total. The molecule has 1 unspecified atom stereocenters. The van der Waals surface area contributed by atoms with Crippen LogP contribution in [0.15, 0.2) is 24.3 Å². The second-order valence-corrected chi connectivity index (χ2v) is 7.52. The van der Waals surface area contributed by atoms with Crippen LogP contribution in [0.2, 0.25) is 0 Å². The zero-order valence-electron chi connectivity index (χ0n) is 15.9. The SMILES string of the molecule is CC(=O)N1CCC(N(Cc2ccc(F)cc2)C2CC2)C[C@@H]1C(=O)NCCN. The van der Waals surface area contributed by atoms with Gasteiger partial charge in [0.1, 0.15) is 11.9 Å². The van der Waals surface area contributed by atoms with Gasteiger partial charge < -0.3 is 16.0 Å². The van der Waals surface area contributed by atoms with Crippen molar-refractivity contribution in [3.8, 4) is 0 Å². The Bertz CT molecular complexity index is 662. The normalized spacial score (nSPS) is 22.7. The number of piperidine rings is 1. The maximum absolute atomic E-state index is 13.2. The largest absolute Gasteiger partial charge is 0.353 e. The standard InChI is InChI=1S/C20H29FN4O2/c1-14(26)24-11-8-18(12-19(24)20(27)23-10-9-22)25(17-6-7-17)13-15-2-4-16(21)5-3-15/h2-5,17-19H,6-13,22H2,1H3,(H,23,27)/t18?,19-/m1/s1. The van der Waals surface area contributed by atoms with Crippen LogP contribution in [0.3, 0.4) is 0 Å². The highest BCUT2D eigenvalue weighted by Gasteiger charge is 2.41. The lowest BCUT2D eigenvalue weighted by molar-refractivity contribution is -0.142. The van der Waals surface area contributed by atoms with Gasteiger partial charge in [0.05, 0.1) is 0 Å². The zero-order valence-corrected chi connectivity index (χ0v) is 15.9. The molecular formula is C20H29FN4O2. The third-order valence-electron chi connectivity index (χ3n) is 5.49. The summed E-state index contributed by atoms with van der Waals surface area (Å²) in [7, 11) is 0. The van der Waals surface area contributed by atoms with Gasteiger partial charge in [0.15, 0.2) is 0 Å². The number of halogens is 1. The molecule has 0 spiro atoms. The van der Waals surface area contributed by atoms with Crippen LogP contribution in [0.4, 0.5) is 4.39 Å². The molecule has 2 aliphatic rings. The van der Waals surface area contributed by atoms with E-state index in [1.165, 1.54) is 19.1 Å². The van der Waals surface area contributed by atoms with E-state index in [4.69, 9.17) is 5.73 Å². The second kappa shape index (κ2) is 8.80. The van der Waals surface area contributed by atoms with E-state index in [1.807, 2.05) is 12.1 Å². The van der Waals surface area contributed by atoms with Crippen molar-refractivity contribution in [1.82, 2.24) is 15.1 Å². The Labute approximate surface area is 159 Å². The van der Waals surface area contributed by atoms with Gasteiger partial charge in [-0.2, -0.15) is 0 Å². The highest BCUT2D eigenvalue weighted by atomic mass is 19.1. The lowest BCUT2D eigenvalue weighted by Crippen LogP contribution is -2.57. The summed E-state index contributed by atoms with van der Waals surface area (Å²) >= 11 is 0. The number of hydrogen-bond donors (Lipinski definition) is 2. The number of carbonyl (C=O) groups excluding carboxylic acids is 2. The number of nitrogens with one attached hydrogen (secondary N) is 1. The summed E-state index contributed by atoms with van der Waals surface area (Å²) in [6.07, 6.45) is 3.77. The Hall–Kier alpha value is -1.99. The molecule has 7 heteroatoms. The minimum absolute atomic E-state index is 0.0714. The lowest BCUT2D eigenvalue weighted by Gasteiger charge is -2.42. The molecule has 6 nitrogen and oxygen atoms in total. The van der Waals surface area contributed by atoms with Crippen LogP contribution in [-0.2, 0) is 16.1 Å². The first kappa shape index (κ1) is 19.8. The van der Waals surface area contributed by atoms with Gasteiger partial charge in [-0.15, -0.1) is 0 Å². The van der Waals surface area contributed by atoms with Crippen LogP contribution in [0, 0.1) is 5.82 Å². The van der Waals surface area contributed by atoms with Crippen molar-refractivity contribution in [1.29, 1.82) is 0 Å². The predicted octanol–water partition coefficient (Wildman–Crippen LogP) is 1.24. The molecule has 1 aromatic carbocycles. The van der Waals surface area contributed by atoms with Crippen LogP contribution in [0.1, 0.15) is 38.2 Å². The third-order valence-corrected chi connectivity index (χ3v) is 5.49. The first-order chi connectivity index (χ1) is 13.0. The predicted molar refractivity (Wildman–Crippen MR) is 101 cm³/mol. The van der Waals surface area contributed by atoms with Crippen molar-refractivity contribution in [3.05, 3.63) is 35.6 Å². The quantitative estimate of drug-likeness (QED) is 0.751. The number of nitrogens with zero attached hydrogens (tertiary/aromatic N) is 2. The van der Waals surface area contributed by atoms with Gasteiger partial charge in [0, 0.05) is 45.2 Å². The van der Waals surface area contributed by atoms with Gasteiger partial charge in [-0.25, -0.2) is 4.39 Å². The van der Waals surface area contributed by atoms with Gasteiger partial charge in [-0.3, -0.25) is 14.5 Å². The van der Waals surface area contributed by atoms with E-state index in [0.29, 0.717) is 32.1 Å². The number of hydrogen-bond acceptors (Lipinski definition) is 4. The summed E-state index contributed by atoms with van der Waals surface area (Å²) in [6, 6.07) is 6.90. The molecule has 1 heterocycles. The van der Waals surface area contributed by atoms with Crippen molar-refractivity contribution >= 4 is 11.8 Å². The molecule has 0 bridgehead atoms. The van der Waals surface area contributed by atoms with Crippen molar-refractivity contribution < 1.29 is 14.0 Å². The Morgan fingerprint density at radius 3 is 2.52 bits per heavy atom. The van der Waals surface area contributed by atoms with Crippen molar-refractivity contribution in [2.24, 2.45) is 5.73 Å². The van der Waals surface area contributed by atoms with Gasteiger partial charge in [0.25, 0.3) is 0 Å². The summed E-state index contributed by atoms with van der Waals surface area (Å²) in [5, 5.41) is 2.83. The number of likely N-dealkylation sites (tertiary alicyclic amines) is 1. The van der Waals surface area contributed by atoms with Crippen LogP contribution < -0.4 is 11.1 Å². The molecule has 148 valence electrons. The number of amides is 2. The van der Waals surface area contributed by atoms with E-state index >= 15 is 0 Å². The van der Waals surface area contributed by atoms with Crippen LogP contribution in [0.25, 0.3) is 0 Å². The van der Waals surface area contributed by atoms with Gasteiger partial charge >= 0.3 is 0 Å². The first-order valence-corrected chi connectivity index (χ1v) is 9.74. The summed E-state index contributed by atoms with van der Waals surface area (Å²) in [4.78, 5) is 28.7. The monoisotopic (exact) mass is 376 g/mol. The Kier molecular flexibility index (Phi) is 6.44. The first-order valence-electron chi connectivity index (χ1n) is 9.74. The summed E-state index contributed by atoms with van der Waals surface area (Å²) in [6.45, 7) is 3.62. The zero-order chi connectivity index (χ0) is 19.4. The van der Waals surface area contributed by atoms with Crippen LogP contribution in [0.5, 0.6) is 0 Å². The van der Waals surface area contributed by atoms with Gasteiger partial charge in [0.2, 0.25) is 11.8 Å². The van der Waals surface area contributed by atoms with E-state index < -0.39 is 6.04 Å². The topological polar surface area (TPSA) is 78.7 Å². The average Bonchev–Trinajstić information content (AvgIpc) is 3.50. The number of nitrogens with two attached hydrogens (primary N) is 1. The molecule has 2 fully saturated rings. The molecule has 1 aliphatic carbocycles. The van der Waals surface area contributed by atoms with E-state index in [2.05, 4.69) is 10.2 Å². The van der Waals surface area contributed by atoms with E-state index in [-0.39, 0.29) is 23.7 Å². The minimum atomic E-state index is -0.456. The average molecular weight is 376 g/mol. The molecule has 0 radical (unpaired) electrons. The molecule has 2 atom stereocenters. The van der Waals surface area contributed by atoms with Crippen molar-refractivity contribution in [3.63, 3.8) is 0 Å². The fourth-order valence-electron chi connectivity index (χ4n) is 3.95. The summed E-state index contributed by atoms with van der Waals surface area (Å²) in [5.41, 5.74) is 6.56. The van der Waals surface area contributed by atoms with Crippen LogP contribution >= 0.6 is 0 Å². The van der Waals surface area contributed by atoms with E-state index in [0.717, 1.165) is 31.4 Å². The third kappa shape index (κ3) is 5.05. The highest BCUT2D eigenvalue weighted by Crippen LogP contribution is 2.34. The lowest BCUT2D eigenvalue weighted by atomic mass is 9.94. The van der Waals surface area contributed by atoms with E-state index in [9.17, 15) is 14.0 Å². The molecule has 3 rings (SSSR count). The fourth-order valence-corrected chi connectivity index (χ4v) is 3.95. The molecule has 1 saturated carbocycles. The maximum Gasteiger partial charge on any atom is 0.242 e. The fraction of sp³-hybridized carbons (Fsp3) is 0.600. The molecular weight excluding hydrogens is 347 g/mol. The van der Waals surface area contributed by atoms with Crippen molar-refractivity contribution in [2.45, 2.75) is 57.3 Å². The van der Waals surface area contributed by atoms with Gasteiger partial charge in [-0.05, 0) is 43.4 Å². The number of rotatable bonds is 7. The molecule has 0 aromatic heterocycles. The summed E-state index contributed by atoms with van der Waals surface area (Å²) in [5.74, 6) is -0.432. The molecule has 1 aromatic rings. The maximum atomic E-state index is 13.2. The highest BCUT2D eigenvalue weighted by molar-refractivity contribution is 5.87. The summed E-state index contributed by atoms with van der Waals surface area (Å²) < 4.78 is 13.2. The number of benzene rings is 1. The Morgan fingerprint density at radius 2 is 1.93 bits per heavy atom. The van der Waals surface area contributed by atoms with Gasteiger partial charge in [-0.1, -0.05) is 12.1 Å².